The smallest absolute Gasteiger partial charge is 0.0910 e. The summed E-state index contributed by atoms with van der Waals surface area (Å²) in [5.74, 6) is 0.317. The van der Waals surface area contributed by atoms with Gasteiger partial charge in [0.1, 0.15) is 0 Å². The van der Waals surface area contributed by atoms with Gasteiger partial charge in [-0.25, -0.2) is 0 Å². The van der Waals surface area contributed by atoms with Gasteiger partial charge in [0.15, 0.2) is 0 Å². The number of aliphatic hydroxyl groups excluding tert-OH is 5. The third-order valence-corrected chi connectivity index (χ3v) is 3.23. The van der Waals surface area contributed by atoms with Crippen molar-refractivity contribution in [2.24, 2.45) is 5.92 Å². The third-order valence-electron chi connectivity index (χ3n) is 3.23. The average Bonchev–Trinajstić information content (AvgIpc) is 2.37. The Bertz CT molecular complexity index is 200. The molecule has 0 fully saturated rings. The Labute approximate surface area is 108 Å². The van der Waals surface area contributed by atoms with Gasteiger partial charge in [0.05, 0.1) is 38.6 Å². The van der Waals surface area contributed by atoms with E-state index < -0.39 is 25.4 Å². The van der Waals surface area contributed by atoms with Crippen molar-refractivity contribution in [3.05, 3.63) is 0 Å². The molecule has 6 heteroatoms. The molecule has 0 aliphatic rings. The molecule has 0 amide bonds. The monoisotopic (exact) mass is 265 g/mol. The molecule has 6 nitrogen and oxygen atoms in total. The highest BCUT2D eigenvalue weighted by atomic mass is 16.3. The first-order valence-electron chi connectivity index (χ1n) is 6.32. The second-order valence-corrected chi connectivity index (χ2v) is 5.08. The van der Waals surface area contributed by atoms with E-state index in [-0.39, 0.29) is 25.8 Å². The van der Waals surface area contributed by atoms with Crippen LogP contribution in [0, 0.1) is 5.92 Å². The van der Waals surface area contributed by atoms with E-state index in [1.807, 2.05) is 13.8 Å². The van der Waals surface area contributed by atoms with E-state index in [1.165, 1.54) is 0 Å². The average molecular weight is 265 g/mol. The third kappa shape index (κ3) is 4.46. The van der Waals surface area contributed by atoms with Crippen molar-refractivity contribution in [1.29, 1.82) is 0 Å². The predicted molar refractivity (Wildman–Crippen MR) is 68.1 cm³/mol. The topological polar surface area (TPSA) is 104 Å². The lowest BCUT2D eigenvalue weighted by Gasteiger charge is -2.44. The largest absolute Gasteiger partial charge is 0.395 e. The van der Waals surface area contributed by atoms with Crippen LogP contribution in [0.1, 0.15) is 20.3 Å². The van der Waals surface area contributed by atoms with Crippen LogP contribution in [0.2, 0.25) is 0 Å². The van der Waals surface area contributed by atoms with Gasteiger partial charge in [0.25, 0.3) is 0 Å². The molecule has 110 valence electrons. The molecule has 0 heterocycles. The lowest BCUT2D eigenvalue weighted by atomic mass is 9.94. The van der Waals surface area contributed by atoms with Crippen LogP contribution in [0.15, 0.2) is 0 Å². The summed E-state index contributed by atoms with van der Waals surface area (Å²) in [4.78, 5) is 1.60. The molecule has 1 unspecified atom stereocenters. The van der Waals surface area contributed by atoms with Gasteiger partial charge in [-0.15, -0.1) is 0 Å². The number of nitrogens with zero attached hydrogens (tertiary/aromatic N) is 1. The summed E-state index contributed by atoms with van der Waals surface area (Å²) < 4.78 is 0. The molecule has 0 aliphatic heterocycles. The van der Waals surface area contributed by atoms with Crippen LogP contribution in [-0.2, 0) is 0 Å². The van der Waals surface area contributed by atoms with Gasteiger partial charge >= 0.3 is 0 Å². The van der Waals surface area contributed by atoms with Crippen LogP contribution in [0.4, 0.5) is 0 Å². The summed E-state index contributed by atoms with van der Waals surface area (Å²) in [5.41, 5.74) is -1.22. The van der Waals surface area contributed by atoms with E-state index >= 15 is 0 Å². The van der Waals surface area contributed by atoms with E-state index in [2.05, 4.69) is 0 Å². The molecule has 0 aliphatic carbocycles. The van der Waals surface area contributed by atoms with Gasteiger partial charge in [-0.3, -0.25) is 4.90 Å². The number of hydrogen-bond acceptors (Lipinski definition) is 6. The zero-order valence-electron chi connectivity index (χ0n) is 11.3. The zero-order valence-corrected chi connectivity index (χ0v) is 11.3. The predicted octanol–water partition coefficient (Wildman–Crippen LogP) is -1.60. The summed E-state index contributed by atoms with van der Waals surface area (Å²) >= 11 is 0. The van der Waals surface area contributed by atoms with Gasteiger partial charge < -0.3 is 25.5 Å². The fraction of sp³-hybridized carbons (Fsp3) is 1.00. The lowest BCUT2D eigenvalue weighted by Crippen LogP contribution is -2.62. The second kappa shape index (κ2) is 8.79. The summed E-state index contributed by atoms with van der Waals surface area (Å²) in [5, 5.41) is 46.8. The molecule has 5 N–H and O–H groups in total. The van der Waals surface area contributed by atoms with Crippen molar-refractivity contribution in [2.45, 2.75) is 31.8 Å². The first-order valence-corrected chi connectivity index (χ1v) is 6.32. The normalized spacial score (nSPS) is 14.5. The van der Waals surface area contributed by atoms with Crippen LogP contribution in [0.3, 0.4) is 0 Å². The minimum Gasteiger partial charge on any atom is -0.395 e. The lowest BCUT2D eigenvalue weighted by molar-refractivity contribution is -0.0856. The molecule has 0 radical (unpaired) electrons. The summed E-state index contributed by atoms with van der Waals surface area (Å²) in [6, 6.07) is -0.316. The first-order chi connectivity index (χ1) is 8.51. The Kier molecular flexibility index (Phi) is 8.67. The molecule has 0 aromatic carbocycles. The second-order valence-electron chi connectivity index (χ2n) is 5.08. The highest BCUT2D eigenvalue weighted by molar-refractivity contribution is 4.93. The number of aliphatic hydroxyl groups is 5. The van der Waals surface area contributed by atoms with E-state index in [0.717, 1.165) is 0 Å². The maximum absolute atomic E-state index is 9.45. The maximum atomic E-state index is 9.45. The van der Waals surface area contributed by atoms with Crippen molar-refractivity contribution in [3.8, 4) is 0 Å². The molecule has 1 atom stereocenters. The van der Waals surface area contributed by atoms with Gasteiger partial charge in [-0.1, -0.05) is 13.8 Å². The van der Waals surface area contributed by atoms with Crippen LogP contribution in [0.5, 0.6) is 0 Å². The van der Waals surface area contributed by atoms with Gasteiger partial charge in [0.2, 0.25) is 0 Å². The molecular formula is C12H27NO5. The van der Waals surface area contributed by atoms with Gasteiger partial charge in [0, 0.05) is 12.6 Å². The number of hydrogen-bond donors (Lipinski definition) is 5. The van der Waals surface area contributed by atoms with Crippen molar-refractivity contribution in [1.82, 2.24) is 4.90 Å². The summed E-state index contributed by atoms with van der Waals surface area (Å²) in [6.45, 7) is 2.55. The molecule has 0 saturated carbocycles. The molecule has 0 aromatic rings. The Balaban J connectivity index is 5.09. The summed E-state index contributed by atoms with van der Waals surface area (Å²) in [7, 11) is 0. The quantitative estimate of drug-likeness (QED) is 0.326. The Morgan fingerprint density at radius 1 is 0.944 bits per heavy atom. The van der Waals surface area contributed by atoms with Crippen molar-refractivity contribution in [2.75, 3.05) is 39.6 Å². The highest BCUT2D eigenvalue weighted by Gasteiger charge is 2.39. The molecule has 0 aromatic heterocycles. The molecule has 0 bridgehead atoms. The number of rotatable bonds is 10. The molecule has 0 saturated heterocycles. The van der Waals surface area contributed by atoms with E-state index in [1.54, 1.807) is 4.90 Å². The maximum Gasteiger partial charge on any atom is 0.0910 e. The molecule has 18 heavy (non-hydrogen) atoms. The van der Waals surface area contributed by atoms with Gasteiger partial charge in [-0.05, 0) is 12.3 Å². The van der Waals surface area contributed by atoms with E-state index in [4.69, 9.17) is 5.11 Å². The highest BCUT2D eigenvalue weighted by Crippen LogP contribution is 2.21. The van der Waals surface area contributed by atoms with Crippen LogP contribution in [-0.4, -0.2) is 81.6 Å². The van der Waals surface area contributed by atoms with Crippen molar-refractivity contribution in [3.63, 3.8) is 0 Å². The Morgan fingerprint density at radius 2 is 1.44 bits per heavy atom. The fourth-order valence-corrected chi connectivity index (χ4v) is 2.18. The minimum atomic E-state index is -1.22. The molecular weight excluding hydrogens is 238 g/mol. The minimum absolute atomic E-state index is 0.153. The van der Waals surface area contributed by atoms with Crippen molar-refractivity contribution < 1.29 is 25.5 Å². The first kappa shape index (κ1) is 17.8. The van der Waals surface area contributed by atoms with Crippen LogP contribution < -0.4 is 0 Å². The van der Waals surface area contributed by atoms with Crippen LogP contribution >= 0.6 is 0 Å². The van der Waals surface area contributed by atoms with Crippen LogP contribution in [0.25, 0.3) is 0 Å². The van der Waals surface area contributed by atoms with Crippen molar-refractivity contribution >= 4 is 0 Å². The van der Waals surface area contributed by atoms with E-state index in [9.17, 15) is 20.4 Å². The number of β-amino-alcohol motifs (C(OH)–C–C–N with tert-alkyl or cyclic N) is 1. The standard InChI is InChI=1S/C12H27NO5/c1-10(2)5-11(6-15)13(3-4-14)12(7-16,8-17)9-18/h10-11,14-18H,3-9H2,1-2H3. The van der Waals surface area contributed by atoms with Gasteiger partial charge in [-0.2, -0.15) is 0 Å². The fourth-order valence-electron chi connectivity index (χ4n) is 2.18. The Morgan fingerprint density at radius 3 is 1.72 bits per heavy atom. The SMILES string of the molecule is CC(C)CC(CO)N(CCO)C(CO)(CO)CO. The Hall–Kier alpha value is -0.240. The zero-order chi connectivity index (χ0) is 14.2. The molecule has 0 rings (SSSR count). The molecule has 0 spiro atoms. The van der Waals surface area contributed by atoms with E-state index in [0.29, 0.717) is 12.3 Å². The summed E-state index contributed by atoms with van der Waals surface area (Å²) in [6.07, 6.45) is 0.651.